The molecule has 8 nitrogen and oxygen atoms in total. The summed E-state index contributed by atoms with van der Waals surface area (Å²) in [6, 6.07) is 5.10. The molecule has 0 aliphatic heterocycles. The smallest absolute Gasteiger partial charge is 0.248 e. The molecule has 0 fully saturated rings. The first-order valence-electron chi connectivity index (χ1n) is 5.80. The van der Waals surface area contributed by atoms with Crippen LogP contribution in [0.5, 0.6) is 11.5 Å². The molecule has 0 aliphatic carbocycles. The van der Waals surface area contributed by atoms with Gasteiger partial charge in [-0.3, -0.25) is 4.79 Å². The average Bonchev–Trinajstić information content (AvgIpc) is 2.84. The van der Waals surface area contributed by atoms with Gasteiger partial charge in [0.25, 0.3) is 0 Å². The lowest BCUT2D eigenvalue weighted by Crippen LogP contribution is -2.20. The van der Waals surface area contributed by atoms with Crippen molar-refractivity contribution in [1.29, 1.82) is 0 Å². The van der Waals surface area contributed by atoms with Crippen molar-refractivity contribution >= 4 is 17.4 Å². The van der Waals surface area contributed by atoms with Gasteiger partial charge in [-0.25, -0.2) is 0 Å². The fourth-order valence-corrected chi connectivity index (χ4v) is 1.61. The normalized spacial score (nSPS) is 10.1. The number of hydrogen-bond donors (Lipinski definition) is 2. The molecule has 1 heterocycles. The Balaban J connectivity index is 2.07. The van der Waals surface area contributed by atoms with Crippen molar-refractivity contribution in [3.63, 3.8) is 0 Å². The van der Waals surface area contributed by atoms with Crippen molar-refractivity contribution in [2.75, 3.05) is 25.3 Å². The Morgan fingerprint density at radius 2 is 2.20 bits per heavy atom. The minimum absolute atomic E-state index is 0.0353. The van der Waals surface area contributed by atoms with Crippen molar-refractivity contribution in [1.82, 2.24) is 15.0 Å². The summed E-state index contributed by atoms with van der Waals surface area (Å²) in [7, 11) is 3.07. The van der Waals surface area contributed by atoms with Gasteiger partial charge in [0, 0.05) is 6.07 Å². The van der Waals surface area contributed by atoms with Gasteiger partial charge in [0.05, 0.1) is 26.1 Å². The molecule has 0 bridgehead atoms. The molecule has 0 unspecified atom stereocenters. The molecule has 0 atom stereocenters. The van der Waals surface area contributed by atoms with Crippen LogP contribution in [0.25, 0.3) is 0 Å². The molecule has 20 heavy (non-hydrogen) atoms. The van der Waals surface area contributed by atoms with Crippen LogP contribution in [0.4, 0.5) is 11.5 Å². The van der Waals surface area contributed by atoms with Gasteiger partial charge < -0.3 is 20.5 Å². The van der Waals surface area contributed by atoms with Gasteiger partial charge in [0.15, 0.2) is 5.82 Å². The highest BCUT2D eigenvalue weighted by Gasteiger charge is 2.10. The monoisotopic (exact) mass is 277 g/mol. The average molecular weight is 277 g/mol. The number of rotatable bonds is 5. The first-order valence-corrected chi connectivity index (χ1v) is 5.80. The van der Waals surface area contributed by atoms with Crippen LogP contribution in [0.15, 0.2) is 24.4 Å². The lowest BCUT2D eigenvalue weighted by atomic mass is 10.2. The third-order valence-electron chi connectivity index (χ3n) is 2.52. The van der Waals surface area contributed by atoms with Gasteiger partial charge >= 0.3 is 0 Å². The lowest BCUT2D eigenvalue weighted by molar-refractivity contribution is -0.117. The molecule has 0 saturated carbocycles. The molecule has 0 radical (unpaired) electrons. The van der Waals surface area contributed by atoms with Crippen LogP contribution in [0.3, 0.4) is 0 Å². The van der Waals surface area contributed by atoms with Gasteiger partial charge in [-0.2, -0.15) is 9.90 Å². The van der Waals surface area contributed by atoms with E-state index in [4.69, 9.17) is 15.2 Å². The molecular formula is C12H15N5O3. The van der Waals surface area contributed by atoms with Crippen LogP contribution in [-0.4, -0.2) is 35.1 Å². The molecular weight excluding hydrogens is 262 g/mol. The summed E-state index contributed by atoms with van der Waals surface area (Å²) in [6.07, 6.45) is 1.38. The maximum Gasteiger partial charge on any atom is 0.248 e. The number of nitrogens with two attached hydrogens (primary N) is 1. The Labute approximate surface area is 115 Å². The summed E-state index contributed by atoms with van der Waals surface area (Å²) in [4.78, 5) is 13.1. The highest BCUT2D eigenvalue weighted by atomic mass is 16.5. The first-order chi connectivity index (χ1) is 9.62. The Hall–Kier alpha value is -2.77. The molecule has 0 saturated heterocycles. The fourth-order valence-electron chi connectivity index (χ4n) is 1.61. The minimum Gasteiger partial charge on any atom is -0.497 e. The van der Waals surface area contributed by atoms with Crippen molar-refractivity contribution in [2.45, 2.75) is 6.54 Å². The summed E-state index contributed by atoms with van der Waals surface area (Å²) >= 11 is 0. The van der Waals surface area contributed by atoms with E-state index >= 15 is 0 Å². The largest absolute Gasteiger partial charge is 0.497 e. The molecule has 1 aromatic heterocycles. The molecule has 8 heteroatoms. The number of hydrogen-bond acceptors (Lipinski definition) is 6. The Morgan fingerprint density at radius 1 is 1.40 bits per heavy atom. The van der Waals surface area contributed by atoms with E-state index in [1.54, 1.807) is 25.3 Å². The van der Waals surface area contributed by atoms with Gasteiger partial charge in [0.2, 0.25) is 5.91 Å². The number of carbonyl (C=O) groups excluding carboxylic acids is 1. The second kappa shape index (κ2) is 5.91. The second-order valence-electron chi connectivity index (χ2n) is 3.91. The Bertz CT molecular complexity index is 611. The molecule has 3 N–H and O–H groups in total. The number of benzene rings is 1. The highest BCUT2D eigenvalue weighted by molar-refractivity contribution is 5.92. The van der Waals surface area contributed by atoms with E-state index in [-0.39, 0.29) is 18.3 Å². The maximum absolute atomic E-state index is 11.9. The zero-order chi connectivity index (χ0) is 14.5. The van der Waals surface area contributed by atoms with Crippen LogP contribution in [0.2, 0.25) is 0 Å². The predicted molar refractivity (Wildman–Crippen MR) is 72.6 cm³/mol. The van der Waals surface area contributed by atoms with Crippen LogP contribution in [0.1, 0.15) is 0 Å². The lowest BCUT2D eigenvalue weighted by Gasteiger charge is -2.11. The molecule has 106 valence electrons. The van der Waals surface area contributed by atoms with Crippen molar-refractivity contribution in [2.24, 2.45) is 0 Å². The number of aromatic nitrogens is 3. The number of carbonyl (C=O) groups is 1. The first kappa shape index (κ1) is 13.7. The molecule has 2 rings (SSSR count). The van der Waals surface area contributed by atoms with E-state index < -0.39 is 0 Å². The summed E-state index contributed by atoms with van der Waals surface area (Å²) < 4.78 is 10.3. The van der Waals surface area contributed by atoms with Crippen LogP contribution in [-0.2, 0) is 11.3 Å². The van der Waals surface area contributed by atoms with E-state index in [1.165, 1.54) is 18.1 Å². The van der Waals surface area contributed by atoms with Crippen molar-refractivity contribution < 1.29 is 14.3 Å². The Morgan fingerprint density at radius 3 is 2.80 bits per heavy atom. The molecule has 1 aromatic carbocycles. The highest BCUT2D eigenvalue weighted by Crippen LogP contribution is 2.28. The second-order valence-corrected chi connectivity index (χ2v) is 3.91. The van der Waals surface area contributed by atoms with Gasteiger partial charge in [-0.15, -0.1) is 5.10 Å². The van der Waals surface area contributed by atoms with E-state index in [1.807, 2.05) is 0 Å². The molecule has 1 amide bonds. The van der Waals surface area contributed by atoms with Crippen molar-refractivity contribution in [3.8, 4) is 11.5 Å². The van der Waals surface area contributed by atoms with E-state index in [2.05, 4.69) is 15.5 Å². The maximum atomic E-state index is 11.9. The van der Waals surface area contributed by atoms with Crippen LogP contribution < -0.4 is 20.5 Å². The SMILES string of the molecule is COc1ccc(NC(=O)Cn2ncc(N)n2)c(OC)c1. The minimum atomic E-state index is -0.288. The van der Waals surface area contributed by atoms with Gasteiger partial charge in [0.1, 0.15) is 18.0 Å². The van der Waals surface area contributed by atoms with E-state index in [0.29, 0.717) is 17.2 Å². The number of nitrogens with one attached hydrogen (secondary N) is 1. The molecule has 2 aromatic rings. The Kier molecular flexibility index (Phi) is 4.04. The quantitative estimate of drug-likeness (QED) is 0.825. The fraction of sp³-hybridized carbons (Fsp3) is 0.250. The molecule has 0 spiro atoms. The zero-order valence-corrected chi connectivity index (χ0v) is 11.2. The number of anilines is 2. The third kappa shape index (κ3) is 3.16. The summed E-state index contributed by atoms with van der Waals surface area (Å²) in [6.45, 7) is -0.0353. The molecule has 0 aliphatic rings. The van der Waals surface area contributed by atoms with E-state index in [9.17, 15) is 4.79 Å². The number of ether oxygens (including phenoxy) is 2. The van der Waals surface area contributed by atoms with Crippen molar-refractivity contribution in [3.05, 3.63) is 24.4 Å². The third-order valence-corrected chi connectivity index (χ3v) is 2.52. The van der Waals surface area contributed by atoms with Gasteiger partial charge in [-0.1, -0.05) is 0 Å². The zero-order valence-electron chi connectivity index (χ0n) is 11.2. The van der Waals surface area contributed by atoms with E-state index in [0.717, 1.165) is 0 Å². The predicted octanol–water partition coefficient (Wildman–Crippen LogP) is 0.516. The number of amides is 1. The van der Waals surface area contributed by atoms with Gasteiger partial charge in [-0.05, 0) is 12.1 Å². The number of nitrogens with zero attached hydrogens (tertiary/aromatic N) is 3. The summed E-state index contributed by atoms with van der Waals surface area (Å²) in [5, 5.41) is 10.4. The number of nitrogen functional groups attached to an aromatic ring is 1. The summed E-state index contributed by atoms with van der Waals surface area (Å²) in [5.74, 6) is 1.12. The standard InChI is InChI=1S/C12H15N5O3/c1-19-8-3-4-9(10(5-8)20-2)15-12(18)7-17-14-6-11(13)16-17/h3-6H,7H2,1-2H3,(H2,13,16)(H,15,18). The topological polar surface area (TPSA) is 104 Å². The van der Waals surface area contributed by atoms with Crippen LogP contribution >= 0.6 is 0 Å². The number of methoxy groups -OCH3 is 2. The summed E-state index contributed by atoms with van der Waals surface area (Å²) in [5.41, 5.74) is 5.96. The van der Waals surface area contributed by atoms with Crippen LogP contribution in [0, 0.1) is 0 Å².